The molecule has 1 aliphatic heterocycles. The van der Waals surface area contributed by atoms with E-state index >= 15 is 0 Å². The summed E-state index contributed by atoms with van der Waals surface area (Å²) in [6, 6.07) is 3.72. The summed E-state index contributed by atoms with van der Waals surface area (Å²) in [4.78, 5) is 11.0. The van der Waals surface area contributed by atoms with Gasteiger partial charge in [-0.3, -0.25) is 4.79 Å². The van der Waals surface area contributed by atoms with Crippen LogP contribution in [-0.4, -0.2) is 34.4 Å². The van der Waals surface area contributed by atoms with E-state index in [-0.39, 0.29) is 11.8 Å². The fourth-order valence-corrected chi connectivity index (χ4v) is 1.86. The van der Waals surface area contributed by atoms with Crippen LogP contribution in [0, 0.1) is 12.8 Å². The molecule has 5 nitrogen and oxygen atoms in total. The molecule has 0 amide bonds. The highest BCUT2D eigenvalue weighted by Gasteiger charge is 2.34. The molecule has 2 N–H and O–H groups in total. The Hall–Kier alpha value is -1.49. The molecule has 1 fully saturated rings. The van der Waals surface area contributed by atoms with E-state index in [0.29, 0.717) is 13.1 Å². The SMILES string of the molecule is Cc1ccc(C2CNCC2C(=O)O)nn1. The van der Waals surface area contributed by atoms with Gasteiger partial charge in [-0.1, -0.05) is 0 Å². The van der Waals surface area contributed by atoms with Crippen LogP contribution in [0.15, 0.2) is 12.1 Å². The number of aliphatic carboxylic acids is 1. The molecular weight excluding hydrogens is 194 g/mol. The Kier molecular flexibility index (Phi) is 2.64. The Bertz CT molecular complexity index is 363. The average Bonchev–Trinajstić information content (AvgIpc) is 2.67. The van der Waals surface area contributed by atoms with Gasteiger partial charge < -0.3 is 10.4 Å². The summed E-state index contributed by atoms with van der Waals surface area (Å²) < 4.78 is 0. The molecule has 0 saturated carbocycles. The molecule has 80 valence electrons. The Morgan fingerprint density at radius 1 is 1.47 bits per heavy atom. The number of nitrogens with one attached hydrogen (secondary N) is 1. The van der Waals surface area contributed by atoms with Crippen molar-refractivity contribution in [3.8, 4) is 0 Å². The van der Waals surface area contributed by atoms with Gasteiger partial charge >= 0.3 is 5.97 Å². The molecule has 1 aromatic heterocycles. The largest absolute Gasteiger partial charge is 0.481 e. The molecule has 1 saturated heterocycles. The van der Waals surface area contributed by atoms with E-state index < -0.39 is 5.97 Å². The smallest absolute Gasteiger partial charge is 0.308 e. The summed E-state index contributed by atoms with van der Waals surface area (Å²) in [5.41, 5.74) is 1.61. The minimum atomic E-state index is -0.771. The van der Waals surface area contributed by atoms with Crippen molar-refractivity contribution in [1.82, 2.24) is 15.5 Å². The molecule has 0 radical (unpaired) electrons. The molecule has 0 aromatic carbocycles. The molecule has 0 aliphatic carbocycles. The van der Waals surface area contributed by atoms with Crippen molar-refractivity contribution in [2.24, 2.45) is 5.92 Å². The number of aryl methyl sites for hydroxylation is 1. The number of nitrogens with zero attached hydrogens (tertiary/aromatic N) is 2. The maximum Gasteiger partial charge on any atom is 0.308 e. The minimum Gasteiger partial charge on any atom is -0.481 e. The molecule has 15 heavy (non-hydrogen) atoms. The Morgan fingerprint density at radius 2 is 2.27 bits per heavy atom. The maximum absolute atomic E-state index is 11.0. The Balaban J connectivity index is 2.22. The van der Waals surface area contributed by atoms with E-state index in [1.54, 1.807) is 0 Å². The fourth-order valence-electron chi connectivity index (χ4n) is 1.86. The number of carboxylic acids is 1. The first-order valence-electron chi connectivity index (χ1n) is 4.92. The lowest BCUT2D eigenvalue weighted by Crippen LogP contribution is -2.21. The molecular formula is C10H13N3O2. The van der Waals surface area contributed by atoms with Crippen LogP contribution < -0.4 is 5.32 Å². The van der Waals surface area contributed by atoms with Gasteiger partial charge in [-0.15, -0.1) is 0 Å². The van der Waals surface area contributed by atoms with Gasteiger partial charge in [0.05, 0.1) is 17.3 Å². The van der Waals surface area contributed by atoms with Gasteiger partial charge in [0.25, 0.3) is 0 Å². The van der Waals surface area contributed by atoms with Crippen LogP contribution in [0.5, 0.6) is 0 Å². The third-order valence-corrected chi connectivity index (χ3v) is 2.73. The van der Waals surface area contributed by atoms with Crippen LogP contribution >= 0.6 is 0 Å². The lowest BCUT2D eigenvalue weighted by Gasteiger charge is -2.12. The van der Waals surface area contributed by atoms with Gasteiger partial charge in [0.1, 0.15) is 0 Å². The predicted molar refractivity (Wildman–Crippen MR) is 53.5 cm³/mol. The van der Waals surface area contributed by atoms with E-state index in [0.717, 1.165) is 11.4 Å². The second kappa shape index (κ2) is 3.94. The molecule has 2 heterocycles. The minimum absolute atomic E-state index is 0.0596. The van der Waals surface area contributed by atoms with Crippen LogP contribution in [0.3, 0.4) is 0 Å². The zero-order valence-corrected chi connectivity index (χ0v) is 8.47. The fraction of sp³-hybridized carbons (Fsp3) is 0.500. The topological polar surface area (TPSA) is 75.1 Å². The number of carboxylic acid groups (broad SMARTS) is 1. The quantitative estimate of drug-likeness (QED) is 0.723. The predicted octanol–water partition coefficient (Wildman–Crippen LogP) is 0.173. The van der Waals surface area contributed by atoms with Crippen LogP contribution in [0.1, 0.15) is 17.3 Å². The molecule has 2 rings (SSSR count). The van der Waals surface area contributed by atoms with Gasteiger partial charge in [0, 0.05) is 19.0 Å². The first-order valence-corrected chi connectivity index (χ1v) is 4.92. The van der Waals surface area contributed by atoms with E-state index in [1.165, 1.54) is 0 Å². The third kappa shape index (κ3) is 1.97. The van der Waals surface area contributed by atoms with E-state index in [1.807, 2.05) is 19.1 Å². The molecule has 2 atom stereocenters. The highest BCUT2D eigenvalue weighted by molar-refractivity contribution is 5.72. The Morgan fingerprint density at radius 3 is 2.87 bits per heavy atom. The molecule has 2 unspecified atom stereocenters. The second-order valence-corrected chi connectivity index (χ2v) is 3.81. The van der Waals surface area contributed by atoms with Gasteiger partial charge in [-0.25, -0.2) is 0 Å². The summed E-state index contributed by atoms with van der Waals surface area (Å²) in [6.45, 7) is 3.03. The van der Waals surface area contributed by atoms with Crippen molar-refractivity contribution in [1.29, 1.82) is 0 Å². The number of hydrogen-bond acceptors (Lipinski definition) is 4. The van der Waals surface area contributed by atoms with Crippen molar-refractivity contribution < 1.29 is 9.90 Å². The van der Waals surface area contributed by atoms with Gasteiger partial charge in [0.15, 0.2) is 0 Å². The standard InChI is InChI=1S/C10H13N3O2/c1-6-2-3-9(13-12-6)7-4-11-5-8(7)10(14)15/h2-3,7-8,11H,4-5H2,1H3,(H,14,15). The van der Waals surface area contributed by atoms with Gasteiger partial charge in [0.2, 0.25) is 0 Å². The third-order valence-electron chi connectivity index (χ3n) is 2.73. The maximum atomic E-state index is 11.0. The number of rotatable bonds is 2. The molecule has 1 aliphatic rings. The zero-order chi connectivity index (χ0) is 10.8. The van der Waals surface area contributed by atoms with Gasteiger partial charge in [-0.05, 0) is 19.1 Å². The van der Waals surface area contributed by atoms with Crippen molar-refractivity contribution in [2.75, 3.05) is 13.1 Å². The Labute approximate surface area is 87.5 Å². The molecule has 5 heteroatoms. The van der Waals surface area contributed by atoms with Crippen molar-refractivity contribution in [3.63, 3.8) is 0 Å². The highest BCUT2D eigenvalue weighted by Crippen LogP contribution is 2.26. The normalized spacial score (nSPS) is 25.4. The second-order valence-electron chi connectivity index (χ2n) is 3.81. The molecule has 0 bridgehead atoms. The van der Waals surface area contributed by atoms with Crippen LogP contribution in [0.4, 0.5) is 0 Å². The summed E-state index contributed by atoms with van der Waals surface area (Å²) in [7, 11) is 0. The van der Waals surface area contributed by atoms with E-state index in [4.69, 9.17) is 5.11 Å². The lowest BCUT2D eigenvalue weighted by atomic mass is 9.93. The molecule has 0 spiro atoms. The summed E-state index contributed by atoms with van der Waals surface area (Å²) in [5.74, 6) is -1.22. The van der Waals surface area contributed by atoms with Crippen molar-refractivity contribution in [3.05, 3.63) is 23.5 Å². The van der Waals surface area contributed by atoms with E-state index in [2.05, 4.69) is 15.5 Å². The first-order chi connectivity index (χ1) is 7.18. The highest BCUT2D eigenvalue weighted by atomic mass is 16.4. The van der Waals surface area contributed by atoms with Crippen LogP contribution in [-0.2, 0) is 4.79 Å². The van der Waals surface area contributed by atoms with Crippen LogP contribution in [0.25, 0.3) is 0 Å². The summed E-state index contributed by atoms with van der Waals surface area (Å²) in [5, 5.41) is 20.1. The monoisotopic (exact) mass is 207 g/mol. The van der Waals surface area contributed by atoms with Crippen LogP contribution in [0.2, 0.25) is 0 Å². The lowest BCUT2D eigenvalue weighted by molar-refractivity contribution is -0.141. The zero-order valence-electron chi connectivity index (χ0n) is 8.47. The van der Waals surface area contributed by atoms with E-state index in [9.17, 15) is 4.79 Å². The first kappa shape index (κ1) is 10.0. The van der Waals surface area contributed by atoms with Crippen molar-refractivity contribution in [2.45, 2.75) is 12.8 Å². The summed E-state index contributed by atoms with van der Waals surface area (Å²) >= 11 is 0. The summed E-state index contributed by atoms with van der Waals surface area (Å²) in [6.07, 6.45) is 0. The number of carbonyl (C=O) groups is 1. The van der Waals surface area contributed by atoms with Crippen molar-refractivity contribution >= 4 is 5.97 Å². The van der Waals surface area contributed by atoms with Gasteiger partial charge in [-0.2, -0.15) is 10.2 Å². The average molecular weight is 207 g/mol. The molecule has 1 aromatic rings. The number of aromatic nitrogens is 2. The number of hydrogen-bond donors (Lipinski definition) is 2.